The van der Waals surface area contributed by atoms with Gasteiger partial charge in [0.25, 0.3) is 0 Å². The summed E-state index contributed by atoms with van der Waals surface area (Å²) in [5.74, 6) is 0.199. The minimum Gasteiger partial charge on any atom is -0.371 e. The molecule has 1 aromatic heterocycles. The van der Waals surface area contributed by atoms with Gasteiger partial charge in [-0.3, -0.25) is 4.79 Å². The smallest absolute Gasteiger partial charge is 0.321 e. The van der Waals surface area contributed by atoms with E-state index in [4.69, 9.17) is 0 Å². The molecule has 0 spiro atoms. The molecule has 0 fully saturated rings. The molecule has 0 aliphatic carbocycles. The highest BCUT2D eigenvalue weighted by atomic mass is 16.7. The van der Waals surface area contributed by atoms with E-state index in [1.807, 2.05) is 0 Å². The molecule has 0 bridgehead atoms. The average Bonchev–Trinajstić information content (AvgIpc) is 2.05. The molecule has 1 rings (SSSR count). The third-order valence-electron chi connectivity index (χ3n) is 1.07. The molecule has 0 amide bonds. The summed E-state index contributed by atoms with van der Waals surface area (Å²) >= 11 is 0. The first-order chi connectivity index (χ1) is 5.79. The van der Waals surface area contributed by atoms with Crippen molar-refractivity contribution < 1.29 is 9.63 Å². The van der Waals surface area contributed by atoms with Gasteiger partial charge in [0.15, 0.2) is 0 Å². The second-order valence-electron chi connectivity index (χ2n) is 2.08. The molecule has 0 aliphatic rings. The zero-order chi connectivity index (χ0) is 8.81. The maximum Gasteiger partial charge on any atom is 0.321 e. The van der Waals surface area contributed by atoms with Crippen LogP contribution in [-0.4, -0.2) is 15.9 Å². The summed E-state index contributed by atoms with van der Waals surface area (Å²) in [6, 6.07) is 1.72. The number of carbonyl (C=O) groups is 1. The summed E-state index contributed by atoms with van der Waals surface area (Å²) in [6.45, 7) is 1.64. The van der Waals surface area contributed by atoms with Crippen molar-refractivity contribution >= 4 is 5.97 Å². The van der Waals surface area contributed by atoms with Crippen molar-refractivity contribution in [2.45, 2.75) is 13.5 Å². The van der Waals surface area contributed by atoms with E-state index < -0.39 is 0 Å². The van der Waals surface area contributed by atoms with Crippen LogP contribution in [0.4, 0.5) is 0 Å². The van der Waals surface area contributed by atoms with E-state index in [9.17, 15) is 4.79 Å². The number of hydroxylamine groups is 1. The zero-order valence-corrected chi connectivity index (χ0v) is 6.65. The second-order valence-corrected chi connectivity index (χ2v) is 2.08. The van der Waals surface area contributed by atoms with Crippen molar-refractivity contribution in [3.8, 4) is 0 Å². The fourth-order valence-electron chi connectivity index (χ4n) is 0.624. The Labute approximate surface area is 69.7 Å². The summed E-state index contributed by atoms with van der Waals surface area (Å²) in [5, 5.41) is 0. The van der Waals surface area contributed by atoms with Gasteiger partial charge in [-0.15, -0.1) is 5.48 Å². The summed E-state index contributed by atoms with van der Waals surface area (Å²) in [7, 11) is 0. The molecule has 64 valence electrons. The summed E-state index contributed by atoms with van der Waals surface area (Å²) in [5.41, 5.74) is 2.43. The Balaban J connectivity index is 2.29. The number of carbonyl (C=O) groups excluding carboxylic acids is 1. The normalized spacial score (nSPS) is 9.42. The number of nitrogens with zero attached hydrogens (tertiary/aromatic N) is 2. The molecule has 0 saturated heterocycles. The van der Waals surface area contributed by atoms with Gasteiger partial charge < -0.3 is 4.84 Å². The Morgan fingerprint density at radius 2 is 2.25 bits per heavy atom. The molecular formula is C7H9N3O2. The summed E-state index contributed by atoms with van der Waals surface area (Å²) < 4.78 is 0. The fourth-order valence-corrected chi connectivity index (χ4v) is 0.624. The Bertz CT molecular complexity index is 250. The molecule has 1 heterocycles. The minimum atomic E-state index is -0.383. The Hall–Kier alpha value is -1.49. The van der Waals surface area contributed by atoms with Crippen molar-refractivity contribution in [3.63, 3.8) is 0 Å². The van der Waals surface area contributed by atoms with Gasteiger partial charge in [0, 0.05) is 19.3 Å². The Morgan fingerprint density at radius 3 is 2.83 bits per heavy atom. The molecule has 0 atom stereocenters. The van der Waals surface area contributed by atoms with Crippen LogP contribution in [0.5, 0.6) is 0 Å². The number of nitrogens with one attached hydrogen (secondary N) is 1. The molecule has 5 nitrogen and oxygen atoms in total. The fraction of sp³-hybridized carbons (Fsp3) is 0.286. The minimum absolute atomic E-state index is 0.320. The first-order valence-electron chi connectivity index (χ1n) is 3.45. The maximum atomic E-state index is 10.3. The van der Waals surface area contributed by atoms with Crippen molar-refractivity contribution in [1.29, 1.82) is 0 Å². The van der Waals surface area contributed by atoms with Crippen LogP contribution in [0.3, 0.4) is 0 Å². The van der Waals surface area contributed by atoms with Crippen molar-refractivity contribution in [2.24, 2.45) is 0 Å². The monoisotopic (exact) mass is 167 g/mol. The lowest BCUT2D eigenvalue weighted by Gasteiger charge is -2.00. The van der Waals surface area contributed by atoms with Crippen LogP contribution in [0.1, 0.15) is 12.7 Å². The lowest BCUT2D eigenvalue weighted by Crippen LogP contribution is -2.18. The number of hydrogen-bond acceptors (Lipinski definition) is 5. The Kier molecular flexibility index (Phi) is 3.16. The molecule has 0 aromatic carbocycles. The third-order valence-corrected chi connectivity index (χ3v) is 1.07. The highest BCUT2D eigenvalue weighted by Crippen LogP contribution is 1.85. The van der Waals surface area contributed by atoms with Crippen molar-refractivity contribution in [1.82, 2.24) is 15.4 Å². The van der Waals surface area contributed by atoms with Gasteiger partial charge in [0.2, 0.25) is 0 Å². The predicted molar refractivity (Wildman–Crippen MR) is 40.6 cm³/mol. The average molecular weight is 167 g/mol. The third kappa shape index (κ3) is 3.07. The van der Waals surface area contributed by atoms with Crippen LogP contribution >= 0.6 is 0 Å². The van der Waals surface area contributed by atoms with Crippen LogP contribution in [0.25, 0.3) is 0 Å². The van der Waals surface area contributed by atoms with E-state index in [2.05, 4.69) is 20.3 Å². The number of rotatable bonds is 3. The molecule has 0 radical (unpaired) electrons. The topological polar surface area (TPSA) is 64.1 Å². The van der Waals surface area contributed by atoms with Crippen LogP contribution in [0, 0.1) is 0 Å². The van der Waals surface area contributed by atoms with Crippen LogP contribution in [0.15, 0.2) is 18.5 Å². The zero-order valence-electron chi connectivity index (χ0n) is 6.65. The highest BCUT2D eigenvalue weighted by molar-refractivity contribution is 5.65. The Morgan fingerprint density at radius 1 is 1.58 bits per heavy atom. The molecule has 1 N–H and O–H groups in total. The number of hydrogen-bond donors (Lipinski definition) is 1. The number of aromatic nitrogens is 2. The van der Waals surface area contributed by atoms with Gasteiger partial charge in [0.1, 0.15) is 5.82 Å². The molecule has 12 heavy (non-hydrogen) atoms. The lowest BCUT2D eigenvalue weighted by molar-refractivity contribution is -0.148. The van der Waals surface area contributed by atoms with Crippen LogP contribution in [-0.2, 0) is 16.2 Å². The van der Waals surface area contributed by atoms with E-state index in [1.165, 1.54) is 6.92 Å². The van der Waals surface area contributed by atoms with E-state index >= 15 is 0 Å². The van der Waals surface area contributed by atoms with Crippen molar-refractivity contribution in [2.75, 3.05) is 0 Å². The predicted octanol–water partition coefficient (Wildman–Crippen LogP) is 0.0443. The quantitative estimate of drug-likeness (QED) is 0.644. The first kappa shape index (κ1) is 8.61. The van der Waals surface area contributed by atoms with E-state index in [-0.39, 0.29) is 5.97 Å². The molecule has 0 unspecified atom stereocenters. The first-order valence-corrected chi connectivity index (χ1v) is 3.45. The second kappa shape index (κ2) is 4.40. The molecular weight excluding hydrogens is 158 g/mol. The highest BCUT2D eigenvalue weighted by Gasteiger charge is 1.95. The maximum absolute atomic E-state index is 10.3. The summed E-state index contributed by atoms with van der Waals surface area (Å²) in [4.78, 5) is 22.6. The van der Waals surface area contributed by atoms with E-state index in [0.717, 1.165) is 0 Å². The SMILES string of the molecule is CC(=O)ONCc1ncccn1. The molecule has 5 heteroatoms. The molecule has 0 aliphatic heterocycles. The lowest BCUT2D eigenvalue weighted by atomic mass is 10.5. The van der Waals surface area contributed by atoms with Crippen molar-refractivity contribution in [3.05, 3.63) is 24.3 Å². The van der Waals surface area contributed by atoms with E-state index in [1.54, 1.807) is 18.5 Å². The summed E-state index contributed by atoms with van der Waals surface area (Å²) in [6.07, 6.45) is 3.25. The van der Waals surface area contributed by atoms with Gasteiger partial charge in [-0.25, -0.2) is 9.97 Å². The molecule has 0 saturated carbocycles. The van der Waals surface area contributed by atoms with Gasteiger partial charge in [0.05, 0.1) is 6.54 Å². The van der Waals surface area contributed by atoms with Gasteiger partial charge >= 0.3 is 5.97 Å². The van der Waals surface area contributed by atoms with E-state index in [0.29, 0.717) is 12.4 Å². The largest absolute Gasteiger partial charge is 0.371 e. The van der Waals surface area contributed by atoms with Gasteiger partial charge in [-0.2, -0.15) is 0 Å². The van der Waals surface area contributed by atoms with Crippen LogP contribution in [0.2, 0.25) is 0 Å². The van der Waals surface area contributed by atoms with Gasteiger partial charge in [-0.05, 0) is 6.07 Å². The standard InChI is InChI=1S/C7H9N3O2/c1-6(11)12-10-5-7-8-3-2-4-9-7/h2-4,10H,5H2,1H3. The van der Waals surface area contributed by atoms with Gasteiger partial charge in [-0.1, -0.05) is 0 Å². The molecule has 1 aromatic rings. The van der Waals surface area contributed by atoms with Crippen LogP contribution < -0.4 is 5.48 Å².